The molecule has 1 aromatic carbocycles. The summed E-state index contributed by atoms with van der Waals surface area (Å²) in [5.41, 5.74) is 1.40. The Bertz CT molecular complexity index is 304. The lowest BCUT2D eigenvalue weighted by molar-refractivity contribution is 0.611. The van der Waals surface area contributed by atoms with Crippen LogP contribution in [0, 0.1) is 0 Å². The van der Waals surface area contributed by atoms with Crippen LogP contribution >= 0.6 is 27.7 Å². The Morgan fingerprint density at radius 2 is 2.25 bits per heavy atom. The summed E-state index contributed by atoms with van der Waals surface area (Å²) in [6.07, 6.45) is 3.41. The van der Waals surface area contributed by atoms with Crippen LogP contribution < -0.4 is 5.32 Å². The molecule has 1 aromatic rings. The average molecular weight is 302 g/mol. The minimum Gasteiger partial charge on any atom is -0.316 e. The van der Waals surface area contributed by atoms with Gasteiger partial charge in [0, 0.05) is 11.0 Å². The lowest BCUT2D eigenvalue weighted by atomic mass is 10.0. The molecule has 16 heavy (non-hydrogen) atoms. The van der Waals surface area contributed by atoms with E-state index in [9.17, 15) is 0 Å². The molecule has 1 unspecified atom stereocenters. The Balaban J connectivity index is 2.27. The number of nitrogens with one attached hydrogen (secondary N) is 1. The van der Waals surface area contributed by atoms with Crippen molar-refractivity contribution in [2.75, 3.05) is 25.1 Å². The fraction of sp³-hybridized carbons (Fsp3) is 0.538. The third-order valence-electron chi connectivity index (χ3n) is 2.57. The third-order valence-corrected chi connectivity index (χ3v) is 3.76. The van der Waals surface area contributed by atoms with Crippen LogP contribution in [0.1, 0.15) is 24.8 Å². The lowest BCUT2D eigenvalue weighted by Gasteiger charge is -2.13. The Kier molecular flexibility index (Phi) is 7.17. The van der Waals surface area contributed by atoms with Gasteiger partial charge in [0.2, 0.25) is 0 Å². The molecule has 0 heterocycles. The van der Waals surface area contributed by atoms with Crippen molar-refractivity contribution < 1.29 is 0 Å². The molecule has 1 rings (SSSR count). The highest BCUT2D eigenvalue weighted by Crippen LogP contribution is 2.18. The summed E-state index contributed by atoms with van der Waals surface area (Å²) in [6, 6.07) is 8.57. The molecule has 0 amide bonds. The summed E-state index contributed by atoms with van der Waals surface area (Å²) in [7, 11) is 0. The van der Waals surface area contributed by atoms with Crippen LogP contribution in [0.4, 0.5) is 0 Å². The van der Waals surface area contributed by atoms with Gasteiger partial charge in [0.25, 0.3) is 0 Å². The van der Waals surface area contributed by atoms with Crippen LogP contribution in [0.3, 0.4) is 0 Å². The molecule has 90 valence electrons. The highest BCUT2D eigenvalue weighted by molar-refractivity contribution is 9.10. The average Bonchev–Trinajstić information content (AvgIpc) is 2.28. The van der Waals surface area contributed by atoms with Gasteiger partial charge >= 0.3 is 0 Å². The molecule has 1 atom stereocenters. The minimum absolute atomic E-state index is 0.576. The topological polar surface area (TPSA) is 12.0 Å². The molecule has 0 fully saturated rings. The van der Waals surface area contributed by atoms with Crippen LogP contribution in [0.25, 0.3) is 0 Å². The zero-order chi connectivity index (χ0) is 11.8. The van der Waals surface area contributed by atoms with Gasteiger partial charge in [-0.15, -0.1) is 0 Å². The fourth-order valence-electron chi connectivity index (χ4n) is 1.59. The van der Waals surface area contributed by atoms with Gasteiger partial charge in [-0.3, -0.25) is 0 Å². The molecule has 0 spiro atoms. The van der Waals surface area contributed by atoms with Crippen LogP contribution in [0.5, 0.6) is 0 Å². The number of benzene rings is 1. The lowest BCUT2D eigenvalue weighted by Crippen LogP contribution is -2.21. The summed E-state index contributed by atoms with van der Waals surface area (Å²) in [5, 5.41) is 3.51. The van der Waals surface area contributed by atoms with Gasteiger partial charge in [0.1, 0.15) is 0 Å². The molecular formula is C13H20BrNS. The smallest absolute Gasteiger partial charge is 0.0178 e. The summed E-state index contributed by atoms with van der Waals surface area (Å²) in [4.78, 5) is 0. The SMILES string of the molecule is CSCCCNCC(C)c1cccc(Br)c1. The van der Waals surface area contributed by atoms with E-state index in [0.717, 1.165) is 13.1 Å². The predicted octanol–water partition coefficient (Wildman–Crippen LogP) is 3.90. The molecule has 3 heteroatoms. The Labute approximate surface area is 112 Å². The standard InChI is InChI=1S/C13H20BrNS/c1-11(10-15-7-4-8-16-2)12-5-3-6-13(14)9-12/h3,5-6,9,11,15H,4,7-8,10H2,1-2H3. The normalized spacial score (nSPS) is 12.7. The van der Waals surface area contributed by atoms with Gasteiger partial charge in [-0.1, -0.05) is 35.0 Å². The second-order valence-electron chi connectivity index (χ2n) is 4.01. The summed E-state index contributed by atoms with van der Waals surface area (Å²) < 4.78 is 1.17. The van der Waals surface area contributed by atoms with Crippen LogP contribution in [-0.2, 0) is 0 Å². The molecule has 1 nitrogen and oxygen atoms in total. The molecule has 0 saturated heterocycles. The zero-order valence-corrected chi connectivity index (χ0v) is 12.4. The first-order chi connectivity index (χ1) is 7.74. The fourth-order valence-corrected chi connectivity index (χ4v) is 2.44. The van der Waals surface area contributed by atoms with Crippen molar-refractivity contribution >= 4 is 27.7 Å². The summed E-state index contributed by atoms with van der Waals surface area (Å²) in [5.74, 6) is 1.82. The van der Waals surface area contributed by atoms with Gasteiger partial charge in [-0.25, -0.2) is 0 Å². The molecule has 0 aliphatic carbocycles. The second-order valence-corrected chi connectivity index (χ2v) is 5.91. The maximum Gasteiger partial charge on any atom is 0.0178 e. The number of halogens is 1. The molecular weight excluding hydrogens is 282 g/mol. The minimum atomic E-state index is 0.576. The van der Waals surface area contributed by atoms with E-state index in [2.05, 4.69) is 58.7 Å². The maximum absolute atomic E-state index is 3.51. The van der Waals surface area contributed by atoms with E-state index in [1.165, 1.54) is 22.2 Å². The quantitative estimate of drug-likeness (QED) is 0.767. The van der Waals surface area contributed by atoms with Gasteiger partial charge in [-0.2, -0.15) is 11.8 Å². The van der Waals surface area contributed by atoms with Gasteiger partial charge in [0.05, 0.1) is 0 Å². The van der Waals surface area contributed by atoms with E-state index in [4.69, 9.17) is 0 Å². The van der Waals surface area contributed by atoms with E-state index >= 15 is 0 Å². The summed E-state index contributed by atoms with van der Waals surface area (Å²) >= 11 is 5.42. The first kappa shape index (κ1) is 14.1. The highest BCUT2D eigenvalue weighted by atomic mass is 79.9. The van der Waals surface area contributed by atoms with Crippen LogP contribution in [-0.4, -0.2) is 25.1 Å². The Morgan fingerprint density at radius 3 is 2.94 bits per heavy atom. The van der Waals surface area contributed by atoms with Crippen LogP contribution in [0.15, 0.2) is 28.7 Å². The largest absolute Gasteiger partial charge is 0.316 e. The first-order valence-corrected chi connectivity index (χ1v) is 7.88. The van der Waals surface area contributed by atoms with Crippen LogP contribution in [0.2, 0.25) is 0 Å². The van der Waals surface area contributed by atoms with E-state index in [-0.39, 0.29) is 0 Å². The first-order valence-electron chi connectivity index (χ1n) is 5.69. The molecule has 0 saturated carbocycles. The van der Waals surface area contributed by atoms with Gasteiger partial charge < -0.3 is 5.32 Å². The summed E-state index contributed by atoms with van der Waals surface area (Å²) in [6.45, 7) is 4.45. The van der Waals surface area contributed by atoms with Crippen molar-refractivity contribution in [1.29, 1.82) is 0 Å². The number of rotatable bonds is 7. The molecule has 0 aromatic heterocycles. The van der Waals surface area contributed by atoms with Crippen molar-refractivity contribution in [3.63, 3.8) is 0 Å². The van der Waals surface area contributed by atoms with Crippen molar-refractivity contribution in [3.8, 4) is 0 Å². The van der Waals surface area contributed by atoms with E-state index in [1.54, 1.807) is 0 Å². The Hall–Kier alpha value is 0.01000. The number of thioether (sulfide) groups is 1. The zero-order valence-electron chi connectivity index (χ0n) is 10.0. The van der Waals surface area contributed by atoms with Gasteiger partial charge in [0.15, 0.2) is 0 Å². The predicted molar refractivity (Wildman–Crippen MR) is 78.4 cm³/mol. The van der Waals surface area contributed by atoms with Crippen molar-refractivity contribution in [2.24, 2.45) is 0 Å². The van der Waals surface area contributed by atoms with E-state index in [1.807, 2.05) is 11.8 Å². The molecule has 0 bridgehead atoms. The third kappa shape index (κ3) is 5.37. The maximum atomic E-state index is 3.51. The highest BCUT2D eigenvalue weighted by Gasteiger charge is 2.04. The molecule has 0 aliphatic rings. The van der Waals surface area contributed by atoms with Crippen molar-refractivity contribution in [2.45, 2.75) is 19.3 Å². The molecule has 0 aliphatic heterocycles. The monoisotopic (exact) mass is 301 g/mol. The molecule has 1 N–H and O–H groups in total. The van der Waals surface area contributed by atoms with Crippen molar-refractivity contribution in [1.82, 2.24) is 5.32 Å². The van der Waals surface area contributed by atoms with E-state index in [0.29, 0.717) is 5.92 Å². The van der Waals surface area contributed by atoms with Crippen molar-refractivity contribution in [3.05, 3.63) is 34.3 Å². The molecule has 0 radical (unpaired) electrons. The number of hydrogen-bond donors (Lipinski definition) is 1. The Morgan fingerprint density at radius 1 is 1.44 bits per heavy atom. The van der Waals surface area contributed by atoms with Gasteiger partial charge in [-0.05, 0) is 48.6 Å². The van der Waals surface area contributed by atoms with E-state index < -0.39 is 0 Å². The number of hydrogen-bond acceptors (Lipinski definition) is 2. The second kappa shape index (κ2) is 8.15.